The zero-order valence-corrected chi connectivity index (χ0v) is 9.98. The van der Waals surface area contributed by atoms with E-state index in [1.54, 1.807) is 19.1 Å². The molecule has 5 heteroatoms. The number of ether oxygens (including phenoxy) is 3. The molecule has 0 unspecified atom stereocenters. The number of aldehydes is 1. The molecule has 1 aromatic rings. The van der Waals surface area contributed by atoms with Crippen molar-refractivity contribution in [3.05, 3.63) is 28.8 Å². The van der Waals surface area contributed by atoms with Crippen LogP contribution in [0, 0.1) is 6.92 Å². The molecule has 0 aliphatic rings. The number of carbonyl (C=O) groups excluding carboxylic acids is 2. The average molecular weight is 238 g/mol. The van der Waals surface area contributed by atoms with Crippen LogP contribution in [0.25, 0.3) is 0 Å². The summed E-state index contributed by atoms with van der Waals surface area (Å²) >= 11 is 0. The Hall–Kier alpha value is -1.88. The quantitative estimate of drug-likeness (QED) is 0.442. The highest BCUT2D eigenvalue weighted by atomic mass is 16.7. The summed E-state index contributed by atoms with van der Waals surface area (Å²) in [6, 6.07) is 3.23. The predicted molar refractivity (Wildman–Crippen MR) is 60.4 cm³/mol. The Kier molecular flexibility index (Phi) is 4.66. The lowest BCUT2D eigenvalue weighted by Gasteiger charge is -2.12. The lowest BCUT2D eigenvalue weighted by molar-refractivity contribution is 0.0460. The van der Waals surface area contributed by atoms with E-state index in [2.05, 4.69) is 4.74 Å². The number of benzene rings is 1. The van der Waals surface area contributed by atoms with Gasteiger partial charge in [-0.3, -0.25) is 4.79 Å². The molecule has 17 heavy (non-hydrogen) atoms. The van der Waals surface area contributed by atoms with Crippen LogP contribution in [-0.2, 0) is 9.47 Å². The van der Waals surface area contributed by atoms with Crippen LogP contribution in [-0.4, -0.2) is 33.3 Å². The molecule has 0 atom stereocenters. The van der Waals surface area contributed by atoms with E-state index in [9.17, 15) is 9.59 Å². The molecule has 0 amide bonds. The van der Waals surface area contributed by atoms with Gasteiger partial charge in [-0.25, -0.2) is 4.79 Å². The van der Waals surface area contributed by atoms with Gasteiger partial charge in [-0.2, -0.15) is 0 Å². The summed E-state index contributed by atoms with van der Waals surface area (Å²) in [5.41, 5.74) is 1.28. The maximum atomic E-state index is 11.6. The van der Waals surface area contributed by atoms with E-state index >= 15 is 0 Å². The van der Waals surface area contributed by atoms with Gasteiger partial charge in [0.15, 0.2) is 13.1 Å². The maximum absolute atomic E-state index is 11.6. The van der Waals surface area contributed by atoms with Gasteiger partial charge in [-0.15, -0.1) is 0 Å². The van der Waals surface area contributed by atoms with Gasteiger partial charge < -0.3 is 14.2 Å². The summed E-state index contributed by atoms with van der Waals surface area (Å²) in [5, 5.41) is 0. The summed E-state index contributed by atoms with van der Waals surface area (Å²) in [6.45, 7) is 1.73. The van der Waals surface area contributed by atoms with E-state index in [1.165, 1.54) is 14.2 Å². The number of rotatable bonds is 5. The fourth-order valence-electron chi connectivity index (χ4n) is 1.43. The maximum Gasteiger partial charge on any atom is 0.341 e. The molecule has 5 nitrogen and oxygen atoms in total. The Morgan fingerprint density at radius 3 is 2.59 bits per heavy atom. The molecule has 0 saturated heterocycles. The fraction of sp³-hybridized carbons (Fsp3) is 0.333. The van der Waals surface area contributed by atoms with Crippen molar-refractivity contribution in [3.63, 3.8) is 0 Å². The van der Waals surface area contributed by atoms with E-state index < -0.39 is 5.97 Å². The third-order valence-electron chi connectivity index (χ3n) is 2.12. The molecule has 0 radical (unpaired) electrons. The van der Waals surface area contributed by atoms with Gasteiger partial charge in [0.2, 0.25) is 0 Å². The van der Waals surface area contributed by atoms with Gasteiger partial charge >= 0.3 is 5.97 Å². The molecule has 92 valence electrons. The number of hydrogen-bond donors (Lipinski definition) is 0. The molecule has 0 saturated carbocycles. The predicted octanol–water partition coefficient (Wildman–Crippen LogP) is 1.58. The molecule has 1 rings (SSSR count). The van der Waals surface area contributed by atoms with E-state index in [-0.39, 0.29) is 18.1 Å². The van der Waals surface area contributed by atoms with Crippen molar-refractivity contribution in [2.75, 3.05) is 21.0 Å². The second-order valence-corrected chi connectivity index (χ2v) is 3.39. The molecule has 0 heterocycles. The van der Waals surface area contributed by atoms with Gasteiger partial charge in [0.25, 0.3) is 0 Å². The fourth-order valence-corrected chi connectivity index (χ4v) is 1.43. The van der Waals surface area contributed by atoms with Crippen LogP contribution in [0.3, 0.4) is 0 Å². The minimum absolute atomic E-state index is 0.0477. The number of esters is 1. The van der Waals surface area contributed by atoms with Gasteiger partial charge in [0.05, 0.1) is 12.7 Å². The molecule has 0 N–H and O–H groups in total. The number of hydrogen-bond acceptors (Lipinski definition) is 5. The van der Waals surface area contributed by atoms with Gasteiger partial charge in [0, 0.05) is 7.11 Å². The van der Waals surface area contributed by atoms with E-state index in [0.29, 0.717) is 11.8 Å². The molecule has 0 aliphatic heterocycles. The smallest absolute Gasteiger partial charge is 0.341 e. The third kappa shape index (κ3) is 3.04. The molecule has 1 aromatic carbocycles. The minimum atomic E-state index is -0.553. The summed E-state index contributed by atoms with van der Waals surface area (Å²) in [4.78, 5) is 22.5. The molecule has 0 fully saturated rings. The van der Waals surface area contributed by atoms with E-state index in [4.69, 9.17) is 9.47 Å². The van der Waals surface area contributed by atoms with E-state index in [0.717, 1.165) is 5.56 Å². The van der Waals surface area contributed by atoms with Crippen LogP contribution >= 0.6 is 0 Å². The second kappa shape index (κ2) is 6.00. The highest BCUT2D eigenvalue weighted by Gasteiger charge is 2.17. The molecule has 0 spiro atoms. The van der Waals surface area contributed by atoms with Crippen LogP contribution in [0.5, 0.6) is 5.75 Å². The van der Waals surface area contributed by atoms with Crippen molar-refractivity contribution in [2.24, 2.45) is 0 Å². The summed E-state index contributed by atoms with van der Waals surface area (Å²) in [7, 11) is 2.72. The number of carbonyl (C=O) groups is 2. The van der Waals surface area contributed by atoms with Crippen LogP contribution in [0.15, 0.2) is 12.1 Å². The van der Waals surface area contributed by atoms with E-state index in [1.807, 2.05) is 0 Å². The van der Waals surface area contributed by atoms with Crippen LogP contribution in [0.2, 0.25) is 0 Å². The average Bonchev–Trinajstić information content (AvgIpc) is 2.35. The molecular weight excluding hydrogens is 224 g/mol. The van der Waals surface area contributed by atoms with Gasteiger partial charge in [0.1, 0.15) is 11.3 Å². The van der Waals surface area contributed by atoms with Crippen molar-refractivity contribution in [2.45, 2.75) is 6.92 Å². The Balaban J connectivity index is 3.27. The standard InChI is InChI=1S/C12H14O5/c1-8-4-9(6-13)11(17-7-15-2)10(5-8)12(14)16-3/h4-6H,7H2,1-3H3. The molecule has 0 aromatic heterocycles. The minimum Gasteiger partial charge on any atom is -0.466 e. The van der Waals surface area contributed by atoms with Crippen LogP contribution in [0.4, 0.5) is 0 Å². The second-order valence-electron chi connectivity index (χ2n) is 3.39. The SMILES string of the molecule is COCOc1c(C=O)cc(C)cc1C(=O)OC. The van der Waals surface area contributed by atoms with Crippen molar-refractivity contribution < 1.29 is 23.8 Å². The van der Waals surface area contributed by atoms with Gasteiger partial charge in [-0.05, 0) is 24.6 Å². The van der Waals surface area contributed by atoms with Crippen molar-refractivity contribution >= 4 is 12.3 Å². The lowest BCUT2D eigenvalue weighted by Crippen LogP contribution is -2.10. The normalized spacial score (nSPS) is 9.82. The van der Waals surface area contributed by atoms with Gasteiger partial charge in [-0.1, -0.05) is 0 Å². The Labute approximate surface area is 99.3 Å². The molecule has 0 bridgehead atoms. The first-order valence-electron chi connectivity index (χ1n) is 4.94. The van der Waals surface area contributed by atoms with Crippen molar-refractivity contribution in [3.8, 4) is 5.75 Å². The summed E-state index contributed by atoms with van der Waals surface area (Å²) in [6.07, 6.45) is 0.629. The first-order valence-corrected chi connectivity index (χ1v) is 4.94. The summed E-state index contributed by atoms with van der Waals surface area (Å²) in [5.74, 6) is -0.373. The highest BCUT2D eigenvalue weighted by molar-refractivity contribution is 5.96. The zero-order chi connectivity index (χ0) is 12.8. The Bertz CT molecular complexity index is 425. The first-order chi connectivity index (χ1) is 8.13. The number of methoxy groups -OCH3 is 2. The Morgan fingerprint density at radius 1 is 1.35 bits per heavy atom. The third-order valence-corrected chi connectivity index (χ3v) is 2.12. The highest BCUT2D eigenvalue weighted by Crippen LogP contribution is 2.25. The van der Waals surface area contributed by atoms with Crippen molar-refractivity contribution in [1.29, 1.82) is 0 Å². The lowest BCUT2D eigenvalue weighted by atomic mass is 10.1. The monoisotopic (exact) mass is 238 g/mol. The first kappa shape index (κ1) is 13.2. The number of aryl methyl sites for hydroxylation is 1. The summed E-state index contributed by atoms with van der Waals surface area (Å²) < 4.78 is 14.6. The molecule has 0 aliphatic carbocycles. The van der Waals surface area contributed by atoms with Crippen molar-refractivity contribution in [1.82, 2.24) is 0 Å². The molecular formula is C12H14O5. The largest absolute Gasteiger partial charge is 0.466 e. The van der Waals surface area contributed by atoms with Crippen LogP contribution in [0.1, 0.15) is 26.3 Å². The zero-order valence-electron chi connectivity index (χ0n) is 9.98. The Morgan fingerprint density at radius 2 is 2.06 bits per heavy atom. The van der Waals surface area contributed by atoms with Crippen LogP contribution < -0.4 is 4.74 Å². The topological polar surface area (TPSA) is 61.8 Å².